The Balaban J connectivity index is 1.80. The molecule has 3 nitrogen and oxygen atoms in total. The van der Waals surface area contributed by atoms with Gasteiger partial charge in [-0.25, -0.2) is 0 Å². The zero-order chi connectivity index (χ0) is 12.1. The van der Waals surface area contributed by atoms with Crippen molar-refractivity contribution in [1.82, 2.24) is 5.32 Å². The minimum absolute atomic E-state index is 0.472. The minimum atomic E-state index is -0.600. The number of hydrogen-bond acceptors (Lipinski definition) is 3. The molecule has 1 aromatic carbocycles. The van der Waals surface area contributed by atoms with Gasteiger partial charge in [-0.3, -0.25) is 0 Å². The summed E-state index contributed by atoms with van der Waals surface area (Å²) < 4.78 is 6.18. The number of hydrogen-bond donors (Lipinski definition) is 2. The van der Waals surface area contributed by atoms with E-state index in [4.69, 9.17) is 4.42 Å². The highest BCUT2D eigenvalue weighted by Gasteiger charge is 2.09. The second-order valence-electron chi connectivity index (χ2n) is 3.79. The van der Waals surface area contributed by atoms with Gasteiger partial charge >= 0.3 is 0 Å². The maximum atomic E-state index is 9.78. The van der Waals surface area contributed by atoms with Crippen LogP contribution in [0.2, 0.25) is 0 Å². The lowest BCUT2D eigenvalue weighted by Gasteiger charge is -2.09. The molecule has 0 spiro atoms. The highest BCUT2D eigenvalue weighted by Crippen LogP contribution is 2.13. The molecule has 0 radical (unpaired) electrons. The van der Waals surface area contributed by atoms with E-state index >= 15 is 0 Å². The van der Waals surface area contributed by atoms with Crippen LogP contribution in [0.25, 0.3) is 0 Å². The molecule has 17 heavy (non-hydrogen) atoms. The third-order valence-corrected chi connectivity index (χ3v) is 2.92. The van der Waals surface area contributed by atoms with Crippen LogP contribution in [0, 0.1) is 0 Å². The van der Waals surface area contributed by atoms with Gasteiger partial charge in [0.1, 0.15) is 11.9 Å². The third-order valence-electron chi connectivity index (χ3n) is 2.43. The number of halogens is 1. The molecule has 90 valence electrons. The molecule has 0 aliphatic heterocycles. The average molecular weight is 296 g/mol. The Morgan fingerprint density at radius 2 is 2.18 bits per heavy atom. The monoisotopic (exact) mass is 295 g/mol. The van der Waals surface area contributed by atoms with Gasteiger partial charge in [0.25, 0.3) is 0 Å². The van der Waals surface area contributed by atoms with E-state index in [1.807, 2.05) is 24.3 Å². The van der Waals surface area contributed by atoms with Crippen LogP contribution in [0.15, 0.2) is 51.6 Å². The van der Waals surface area contributed by atoms with Gasteiger partial charge < -0.3 is 14.8 Å². The van der Waals surface area contributed by atoms with Gasteiger partial charge in [-0.05, 0) is 29.8 Å². The SMILES string of the molecule is OC(CNCc1cccc(Br)c1)c1ccco1. The second-order valence-corrected chi connectivity index (χ2v) is 4.71. The zero-order valence-electron chi connectivity index (χ0n) is 9.27. The molecule has 0 fully saturated rings. The van der Waals surface area contributed by atoms with E-state index in [0.29, 0.717) is 12.3 Å². The first-order valence-corrected chi connectivity index (χ1v) is 6.21. The molecule has 0 aliphatic rings. The van der Waals surface area contributed by atoms with Crippen molar-refractivity contribution in [1.29, 1.82) is 0 Å². The third kappa shape index (κ3) is 3.70. The van der Waals surface area contributed by atoms with Gasteiger partial charge in [-0.15, -0.1) is 0 Å². The smallest absolute Gasteiger partial charge is 0.133 e. The number of aliphatic hydroxyl groups excluding tert-OH is 1. The number of nitrogens with one attached hydrogen (secondary N) is 1. The lowest BCUT2D eigenvalue weighted by Crippen LogP contribution is -2.20. The summed E-state index contributed by atoms with van der Waals surface area (Å²) in [7, 11) is 0. The summed E-state index contributed by atoms with van der Waals surface area (Å²) >= 11 is 3.42. The molecule has 2 N–H and O–H groups in total. The molecule has 2 rings (SSSR count). The van der Waals surface area contributed by atoms with Gasteiger partial charge in [0, 0.05) is 17.6 Å². The molecular weight excluding hydrogens is 282 g/mol. The maximum absolute atomic E-state index is 9.78. The molecule has 2 aromatic rings. The first kappa shape index (κ1) is 12.4. The van der Waals surface area contributed by atoms with Gasteiger partial charge in [-0.2, -0.15) is 0 Å². The van der Waals surface area contributed by atoms with Gasteiger partial charge in [-0.1, -0.05) is 28.1 Å². The summed E-state index contributed by atoms with van der Waals surface area (Å²) in [5.74, 6) is 0.590. The molecule has 1 heterocycles. The van der Waals surface area contributed by atoms with Crippen LogP contribution in [-0.2, 0) is 6.54 Å². The summed E-state index contributed by atoms with van der Waals surface area (Å²) in [4.78, 5) is 0. The lowest BCUT2D eigenvalue weighted by atomic mass is 10.2. The second kappa shape index (κ2) is 6.00. The van der Waals surface area contributed by atoms with Crippen molar-refractivity contribution < 1.29 is 9.52 Å². The fourth-order valence-corrected chi connectivity index (χ4v) is 2.03. The minimum Gasteiger partial charge on any atom is -0.467 e. The van der Waals surface area contributed by atoms with Gasteiger partial charge in [0.05, 0.1) is 6.26 Å². The van der Waals surface area contributed by atoms with Crippen molar-refractivity contribution in [3.8, 4) is 0 Å². The van der Waals surface area contributed by atoms with Crippen molar-refractivity contribution in [2.75, 3.05) is 6.54 Å². The lowest BCUT2D eigenvalue weighted by molar-refractivity contribution is 0.147. The standard InChI is InChI=1S/C13H14BrNO2/c14-11-4-1-3-10(7-11)8-15-9-12(16)13-5-2-6-17-13/h1-7,12,15-16H,8-9H2. The molecule has 1 unspecified atom stereocenters. The van der Waals surface area contributed by atoms with E-state index in [-0.39, 0.29) is 0 Å². The van der Waals surface area contributed by atoms with Gasteiger partial charge in [0.15, 0.2) is 0 Å². The predicted molar refractivity (Wildman–Crippen MR) is 69.5 cm³/mol. The topological polar surface area (TPSA) is 45.4 Å². The molecule has 0 saturated heterocycles. The molecule has 4 heteroatoms. The van der Waals surface area contributed by atoms with Crippen LogP contribution in [-0.4, -0.2) is 11.7 Å². The van der Waals surface area contributed by atoms with Gasteiger partial charge in [0.2, 0.25) is 0 Å². The molecular formula is C13H14BrNO2. The van der Waals surface area contributed by atoms with Crippen molar-refractivity contribution in [2.24, 2.45) is 0 Å². The number of benzene rings is 1. The van der Waals surface area contributed by atoms with Crippen LogP contribution in [0.4, 0.5) is 0 Å². The first-order valence-electron chi connectivity index (χ1n) is 5.42. The normalized spacial score (nSPS) is 12.6. The number of rotatable bonds is 5. The Morgan fingerprint density at radius 1 is 1.29 bits per heavy atom. The summed E-state index contributed by atoms with van der Waals surface area (Å²) in [6.07, 6.45) is 0.963. The van der Waals surface area contributed by atoms with E-state index in [1.54, 1.807) is 18.4 Å². The van der Waals surface area contributed by atoms with Crippen molar-refractivity contribution in [3.05, 3.63) is 58.5 Å². The first-order chi connectivity index (χ1) is 8.25. The van der Waals surface area contributed by atoms with Crippen LogP contribution in [0.5, 0.6) is 0 Å². The Labute approximate surface area is 109 Å². The van der Waals surface area contributed by atoms with Crippen molar-refractivity contribution in [3.63, 3.8) is 0 Å². The molecule has 0 aliphatic carbocycles. The quantitative estimate of drug-likeness (QED) is 0.892. The van der Waals surface area contributed by atoms with Crippen LogP contribution in [0.3, 0.4) is 0 Å². The molecule has 0 amide bonds. The van der Waals surface area contributed by atoms with Crippen LogP contribution < -0.4 is 5.32 Å². The highest BCUT2D eigenvalue weighted by atomic mass is 79.9. The maximum Gasteiger partial charge on any atom is 0.133 e. The molecule has 0 saturated carbocycles. The number of aliphatic hydroxyl groups is 1. The van der Waals surface area contributed by atoms with E-state index in [0.717, 1.165) is 11.0 Å². The molecule has 0 bridgehead atoms. The number of furan rings is 1. The summed E-state index contributed by atoms with van der Waals surface area (Å²) in [6.45, 7) is 1.19. The highest BCUT2D eigenvalue weighted by molar-refractivity contribution is 9.10. The van der Waals surface area contributed by atoms with Crippen molar-refractivity contribution in [2.45, 2.75) is 12.6 Å². The Morgan fingerprint density at radius 3 is 2.88 bits per heavy atom. The summed E-state index contributed by atoms with van der Waals surface area (Å²) in [6, 6.07) is 11.6. The Bertz CT molecular complexity index is 456. The predicted octanol–water partition coefficient (Wildman–Crippen LogP) is 2.87. The summed E-state index contributed by atoms with van der Waals surface area (Å²) in [5, 5.41) is 13.0. The fraction of sp³-hybridized carbons (Fsp3) is 0.231. The Kier molecular flexibility index (Phi) is 4.36. The molecule has 1 atom stereocenters. The largest absolute Gasteiger partial charge is 0.467 e. The molecule has 1 aromatic heterocycles. The van der Waals surface area contributed by atoms with E-state index in [2.05, 4.69) is 21.2 Å². The van der Waals surface area contributed by atoms with Crippen LogP contribution >= 0.6 is 15.9 Å². The van der Waals surface area contributed by atoms with E-state index in [1.165, 1.54) is 5.56 Å². The van der Waals surface area contributed by atoms with E-state index < -0.39 is 6.10 Å². The summed E-state index contributed by atoms with van der Waals surface area (Å²) in [5.41, 5.74) is 1.17. The average Bonchev–Trinajstić information content (AvgIpc) is 2.82. The van der Waals surface area contributed by atoms with Crippen LogP contribution in [0.1, 0.15) is 17.4 Å². The van der Waals surface area contributed by atoms with E-state index in [9.17, 15) is 5.11 Å². The van der Waals surface area contributed by atoms with Crippen molar-refractivity contribution >= 4 is 15.9 Å². The Hall–Kier alpha value is -1.10. The zero-order valence-corrected chi connectivity index (χ0v) is 10.9. The fourth-order valence-electron chi connectivity index (χ4n) is 1.58.